The fourth-order valence-electron chi connectivity index (χ4n) is 2.69. The van der Waals surface area contributed by atoms with Gasteiger partial charge in [-0.15, -0.1) is 0 Å². The van der Waals surface area contributed by atoms with Crippen LogP contribution in [0, 0.1) is 0 Å². The maximum atomic E-state index is 9.58. The van der Waals surface area contributed by atoms with Crippen LogP contribution in [0.5, 0.6) is 0 Å². The number of nitrogens with zero attached hydrogens (tertiary/aromatic N) is 3. The van der Waals surface area contributed by atoms with Gasteiger partial charge in [-0.1, -0.05) is 27.7 Å². The molecule has 0 aromatic carbocycles. The predicted molar refractivity (Wildman–Crippen MR) is 86.4 cm³/mol. The molecule has 122 valence electrons. The molecular weight excluding hydrogens is 264 g/mol. The highest BCUT2D eigenvalue weighted by Gasteiger charge is 2.23. The van der Waals surface area contributed by atoms with Gasteiger partial charge in [0.05, 0.1) is 6.61 Å². The van der Waals surface area contributed by atoms with Crippen LogP contribution in [0.3, 0.4) is 0 Å². The van der Waals surface area contributed by atoms with E-state index in [1.165, 1.54) is 0 Å². The summed E-state index contributed by atoms with van der Waals surface area (Å²) in [6.45, 7) is 11.6. The van der Waals surface area contributed by atoms with Gasteiger partial charge in [0.1, 0.15) is 5.82 Å². The second-order valence-electron chi connectivity index (χ2n) is 6.35. The van der Waals surface area contributed by atoms with Gasteiger partial charge >= 0.3 is 0 Å². The van der Waals surface area contributed by atoms with Crippen molar-refractivity contribution in [3.8, 4) is 0 Å². The first-order valence-electron chi connectivity index (χ1n) is 8.25. The second kappa shape index (κ2) is 8.49. The molecule has 0 aliphatic rings. The van der Waals surface area contributed by atoms with Crippen molar-refractivity contribution in [1.29, 1.82) is 0 Å². The minimum Gasteiger partial charge on any atom is -0.394 e. The molecule has 1 atom stereocenters. The van der Waals surface area contributed by atoms with Crippen molar-refractivity contribution in [2.45, 2.75) is 84.8 Å². The van der Waals surface area contributed by atoms with Crippen LogP contribution in [0.2, 0.25) is 0 Å². The van der Waals surface area contributed by atoms with Crippen molar-refractivity contribution < 1.29 is 5.11 Å². The lowest BCUT2D eigenvalue weighted by Crippen LogP contribution is -2.49. The second-order valence-corrected chi connectivity index (χ2v) is 6.35. The van der Waals surface area contributed by atoms with E-state index in [9.17, 15) is 5.11 Å². The molecule has 1 aromatic heterocycles. The number of nitrogens with one attached hydrogen (secondary N) is 1. The van der Waals surface area contributed by atoms with Crippen molar-refractivity contribution in [3.63, 3.8) is 0 Å². The molecule has 0 fully saturated rings. The zero-order valence-corrected chi connectivity index (χ0v) is 14.3. The van der Waals surface area contributed by atoms with Gasteiger partial charge in [-0.25, -0.2) is 9.67 Å². The number of aliphatic hydroxyl groups is 1. The van der Waals surface area contributed by atoms with Crippen LogP contribution >= 0.6 is 0 Å². The molecule has 1 aromatic rings. The minimum atomic E-state index is -0.182. The molecule has 0 saturated carbocycles. The molecule has 2 N–H and O–H groups in total. The van der Waals surface area contributed by atoms with Crippen LogP contribution < -0.4 is 5.32 Å². The molecular formula is C16H32N4O. The average molecular weight is 296 g/mol. The molecule has 1 heterocycles. The molecule has 0 aliphatic carbocycles. The normalized spacial score (nSPS) is 14.6. The number of rotatable bonds is 10. The first-order chi connectivity index (χ1) is 9.94. The SMILES string of the molecule is CCc1nc(CC)n(CCCCC(C)(CO)NC(C)C)n1. The molecule has 21 heavy (non-hydrogen) atoms. The number of hydrogen-bond donors (Lipinski definition) is 2. The topological polar surface area (TPSA) is 63.0 Å². The molecule has 0 spiro atoms. The van der Waals surface area contributed by atoms with E-state index in [0.717, 1.165) is 50.3 Å². The Labute approximate surface area is 129 Å². The number of unbranched alkanes of at least 4 members (excludes halogenated alkanes) is 1. The maximum Gasteiger partial charge on any atom is 0.150 e. The van der Waals surface area contributed by atoms with Crippen molar-refractivity contribution in [3.05, 3.63) is 11.6 Å². The maximum absolute atomic E-state index is 9.58. The van der Waals surface area contributed by atoms with Gasteiger partial charge in [0.25, 0.3) is 0 Å². The van der Waals surface area contributed by atoms with Crippen molar-refractivity contribution >= 4 is 0 Å². The van der Waals surface area contributed by atoms with Crippen LogP contribution in [-0.4, -0.2) is 38.1 Å². The summed E-state index contributed by atoms with van der Waals surface area (Å²) in [5.74, 6) is 2.02. The monoisotopic (exact) mass is 296 g/mol. The van der Waals surface area contributed by atoms with Gasteiger partial charge in [0, 0.05) is 31.0 Å². The Morgan fingerprint density at radius 1 is 1.24 bits per heavy atom. The van der Waals surface area contributed by atoms with Crippen LogP contribution in [0.25, 0.3) is 0 Å². The van der Waals surface area contributed by atoms with Crippen LogP contribution in [-0.2, 0) is 19.4 Å². The highest BCUT2D eigenvalue weighted by Crippen LogP contribution is 2.15. The van der Waals surface area contributed by atoms with Crippen molar-refractivity contribution in [2.24, 2.45) is 0 Å². The summed E-state index contributed by atoms with van der Waals surface area (Å²) in [5.41, 5.74) is -0.182. The van der Waals surface area contributed by atoms with Crippen molar-refractivity contribution in [2.75, 3.05) is 6.61 Å². The highest BCUT2D eigenvalue weighted by atomic mass is 16.3. The van der Waals surface area contributed by atoms with Gasteiger partial charge < -0.3 is 10.4 Å². The molecule has 0 bridgehead atoms. The van der Waals surface area contributed by atoms with E-state index in [2.05, 4.69) is 50.0 Å². The Kier molecular flexibility index (Phi) is 7.32. The lowest BCUT2D eigenvalue weighted by molar-refractivity contribution is 0.153. The molecule has 0 amide bonds. The van der Waals surface area contributed by atoms with E-state index in [-0.39, 0.29) is 12.1 Å². The molecule has 5 heteroatoms. The lowest BCUT2D eigenvalue weighted by atomic mass is 9.95. The van der Waals surface area contributed by atoms with Gasteiger partial charge in [-0.05, 0) is 26.2 Å². The minimum absolute atomic E-state index is 0.175. The van der Waals surface area contributed by atoms with Crippen LogP contribution in [0.4, 0.5) is 0 Å². The van der Waals surface area contributed by atoms with Gasteiger partial charge in [-0.3, -0.25) is 0 Å². The molecule has 0 aliphatic heterocycles. The van der Waals surface area contributed by atoms with Gasteiger partial charge in [-0.2, -0.15) is 5.10 Å². The third-order valence-corrected chi connectivity index (χ3v) is 3.76. The van der Waals surface area contributed by atoms with Crippen LogP contribution in [0.1, 0.15) is 65.5 Å². The summed E-state index contributed by atoms with van der Waals surface area (Å²) in [5, 5.41) is 17.6. The average Bonchev–Trinajstić information content (AvgIpc) is 2.85. The Morgan fingerprint density at radius 2 is 1.95 bits per heavy atom. The van der Waals surface area contributed by atoms with E-state index in [4.69, 9.17) is 0 Å². The first kappa shape index (κ1) is 18.1. The van der Waals surface area contributed by atoms with E-state index >= 15 is 0 Å². The number of hydrogen-bond acceptors (Lipinski definition) is 4. The fraction of sp³-hybridized carbons (Fsp3) is 0.875. The summed E-state index contributed by atoms with van der Waals surface area (Å²) < 4.78 is 2.05. The Bertz CT molecular complexity index is 416. The number of aryl methyl sites for hydroxylation is 3. The van der Waals surface area contributed by atoms with Crippen LogP contribution in [0.15, 0.2) is 0 Å². The van der Waals surface area contributed by atoms with Crippen molar-refractivity contribution in [1.82, 2.24) is 20.1 Å². The first-order valence-corrected chi connectivity index (χ1v) is 8.25. The zero-order valence-electron chi connectivity index (χ0n) is 14.3. The summed E-state index contributed by atoms with van der Waals surface area (Å²) in [6.07, 6.45) is 4.92. The molecule has 0 radical (unpaired) electrons. The third kappa shape index (κ3) is 5.75. The molecule has 0 saturated heterocycles. The van der Waals surface area contributed by atoms with Gasteiger partial charge in [0.15, 0.2) is 5.82 Å². The summed E-state index contributed by atoms with van der Waals surface area (Å²) >= 11 is 0. The fourth-order valence-corrected chi connectivity index (χ4v) is 2.69. The van der Waals surface area contributed by atoms with E-state index in [0.29, 0.717) is 6.04 Å². The Balaban J connectivity index is 2.44. The van der Waals surface area contributed by atoms with E-state index in [1.54, 1.807) is 0 Å². The predicted octanol–water partition coefficient (Wildman–Crippen LogP) is 2.32. The lowest BCUT2D eigenvalue weighted by Gasteiger charge is -2.31. The number of aromatic nitrogens is 3. The summed E-state index contributed by atoms with van der Waals surface area (Å²) in [4.78, 5) is 4.53. The van der Waals surface area contributed by atoms with E-state index in [1.807, 2.05) is 4.68 Å². The van der Waals surface area contributed by atoms with Gasteiger partial charge in [0.2, 0.25) is 0 Å². The highest BCUT2D eigenvalue weighted by molar-refractivity contribution is 4.92. The molecule has 5 nitrogen and oxygen atoms in total. The largest absolute Gasteiger partial charge is 0.394 e. The van der Waals surface area contributed by atoms with E-state index < -0.39 is 0 Å². The quantitative estimate of drug-likeness (QED) is 0.650. The molecule has 1 rings (SSSR count). The molecule has 1 unspecified atom stereocenters. The summed E-state index contributed by atoms with van der Waals surface area (Å²) in [6, 6.07) is 0.385. The number of aliphatic hydroxyl groups excluding tert-OH is 1. The standard InChI is InChI=1S/C16H32N4O/c1-6-14-17-15(7-2)20(19-14)11-9-8-10-16(5,12-21)18-13(3)4/h13,18,21H,6-12H2,1-5H3. The third-order valence-electron chi connectivity index (χ3n) is 3.76. The zero-order chi connectivity index (χ0) is 15.9. The Morgan fingerprint density at radius 3 is 2.48 bits per heavy atom. The summed E-state index contributed by atoms with van der Waals surface area (Å²) in [7, 11) is 0. The Hall–Kier alpha value is -0.940. The smallest absolute Gasteiger partial charge is 0.150 e.